The molecule has 26 heavy (non-hydrogen) atoms. The molecule has 1 amide bonds. The Balaban J connectivity index is 2.26. The molecule has 1 aromatic carbocycles. The number of hydrogen-bond donors (Lipinski definition) is 2. The van der Waals surface area contributed by atoms with Crippen molar-refractivity contribution in [3.05, 3.63) is 29.3 Å². The Morgan fingerprint density at radius 1 is 1.31 bits per heavy atom. The molecule has 0 radical (unpaired) electrons. The van der Waals surface area contributed by atoms with Crippen LogP contribution in [-0.4, -0.2) is 29.0 Å². The molecule has 2 aromatic rings. The number of carbonyl (C=O) groups excluding carboxylic acids is 1. The smallest absolute Gasteiger partial charge is 0.405 e. The highest BCUT2D eigenvalue weighted by molar-refractivity contribution is 7.14. The largest absolute Gasteiger partial charge is 0.573 e. The number of halogens is 3. The molecule has 0 aliphatic carbocycles. The molecule has 3 N–H and O–H groups in total. The van der Waals surface area contributed by atoms with Gasteiger partial charge in [-0.25, -0.2) is 0 Å². The molecule has 1 heterocycles. The van der Waals surface area contributed by atoms with Gasteiger partial charge in [0, 0.05) is 6.92 Å². The lowest BCUT2D eigenvalue weighted by Crippen LogP contribution is -2.26. The zero-order chi connectivity index (χ0) is 19.2. The van der Waals surface area contributed by atoms with E-state index in [0.717, 1.165) is 24.2 Å². The Labute approximate surface area is 152 Å². The maximum atomic E-state index is 12.6. The number of carbonyl (C=O) groups is 1. The zero-order valence-electron chi connectivity index (χ0n) is 14.0. The second-order valence-corrected chi connectivity index (χ2v) is 6.54. The van der Waals surface area contributed by atoms with Gasteiger partial charge in [0.25, 0.3) is 0 Å². The van der Waals surface area contributed by atoms with Crippen LogP contribution in [0.4, 0.5) is 13.2 Å². The van der Waals surface area contributed by atoms with Crippen molar-refractivity contribution in [3.63, 3.8) is 0 Å². The maximum Gasteiger partial charge on any atom is 0.573 e. The monoisotopic (exact) mass is 388 g/mol. The van der Waals surface area contributed by atoms with Crippen molar-refractivity contribution < 1.29 is 22.7 Å². The summed E-state index contributed by atoms with van der Waals surface area (Å²) in [5, 5.41) is 11.6. The number of hydrogen-bond acceptors (Lipinski definition) is 6. The summed E-state index contributed by atoms with van der Waals surface area (Å²) in [5.41, 5.74) is 5.68. The molecule has 0 fully saturated rings. The van der Waals surface area contributed by atoms with E-state index in [1.54, 1.807) is 6.07 Å². The van der Waals surface area contributed by atoms with E-state index >= 15 is 0 Å². The van der Waals surface area contributed by atoms with E-state index < -0.39 is 6.36 Å². The summed E-state index contributed by atoms with van der Waals surface area (Å²) in [6.45, 7) is 1.93. The minimum atomic E-state index is -4.80. The predicted molar refractivity (Wildman–Crippen MR) is 91.5 cm³/mol. The van der Waals surface area contributed by atoms with Gasteiger partial charge in [-0.15, -0.1) is 23.4 Å². The minimum Gasteiger partial charge on any atom is -0.405 e. The molecule has 1 aromatic heterocycles. The molecular weight excluding hydrogens is 369 g/mol. The van der Waals surface area contributed by atoms with Gasteiger partial charge in [-0.2, -0.15) is 0 Å². The summed E-state index contributed by atoms with van der Waals surface area (Å²) >= 11 is 1.12. The van der Waals surface area contributed by atoms with Crippen molar-refractivity contribution in [3.8, 4) is 16.3 Å². The number of aromatic nitrogens is 2. The van der Waals surface area contributed by atoms with Gasteiger partial charge in [0.05, 0.1) is 11.6 Å². The van der Waals surface area contributed by atoms with E-state index in [0.29, 0.717) is 18.0 Å². The molecule has 0 spiro atoms. The van der Waals surface area contributed by atoms with Crippen molar-refractivity contribution >= 4 is 17.2 Å². The van der Waals surface area contributed by atoms with Crippen molar-refractivity contribution in [2.45, 2.75) is 38.6 Å². The van der Waals surface area contributed by atoms with Crippen LogP contribution in [0.2, 0.25) is 0 Å². The number of alkyl halides is 3. The van der Waals surface area contributed by atoms with Crippen molar-refractivity contribution in [1.82, 2.24) is 15.5 Å². The summed E-state index contributed by atoms with van der Waals surface area (Å²) < 4.78 is 41.8. The molecule has 0 saturated heterocycles. The average Bonchev–Trinajstić information content (AvgIpc) is 3.02. The zero-order valence-corrected chi connectivity index (χ0v) is 14.9. The van der Waals surface area contributed by atoms with Gasteiger partial charge in [0.1, 0.15) is 10.8 Å². The second kappa shape index (κ2) is 8.95. The third-order valence-corrected chi connectivity index (χ3v) is 4.48. The third-order valence-electron chi connectivity index (χ3n) is 3.41. The van der Waals surface area contributed by atoms with E-state index in [1.807, 2.05) is 0 Å². The van der Waals surface area contributed by atoms with Crippen LogP contribution in [0.3, 0.4) is 0 Å². The van der Waals surface area contributed by atoms with Crippen LogP contribution in [0.15, 0.2) is 24.3 Å². The van der Waals surface area contributed by atoms with E-state index in [-0.39, 0.29) is 28.3 Å². The van der Waals surface area contributed by atoms with Crippen LogP contribution in [0.5, 0.6) is 5.75 Å². The fourth-order valence-electron chi connectivity index (χ4n) is 2.34. The molecule has 10 heteroatoms. The SMILES string of the molecule is CC(=O)N[C@@H](CCCCN)c1nnc(-c2ccccc2OC(F)(F)F)s1. The van der Waals surface area contributed by atoms with Gasteiger partial charge < -0.3 is 15.8 Å². The maximum absolute atomic E-state index is 12.6. The Hall–Kier alpha value is -2.20. The van der Waals surface area contributed by atoms with Crippen molar-refractivity contribution in [1.29, 1.82) is 0 Å². The molecule has 0 saturated carbocycles. The van der Waals surface area contributed by atoms with Gasteiger partial charge in [-0.3, -0.25) is 4.79 Å². The summed E-state index contributed by atoms with van der Waals surface area (Å²) in [4.78, 5) is 11.4. The van der Waals surface area contributed by atoms with Crippen LogP contribution in [0.25, 0.3) is 10.6 Å². The molecule has 0 aliphatic heterocycles. The number of unbranched alkanes of at least 4 members (excludes halogenated alkanes) is 1. The average molecular weight is 388 g/mol. The van der Waals surface area contributed by atoms with E-state index in [1.165, 1.54) is 25.1 Å². The molecule has 1 atom stereocenters. The van der Waals surface area contributed by atoms with E-state index in [9.17, 15) is 18.0 Å². The molecule has 2 rings (SSSR count). The number of nitrogens with two attached hydrogens (primary N) is 1. The first kappa shape index (κ1) is 20.1. The Morgan fingerprint density at radius 2 is 2.04 bits per heavy atom. The normalized spacial score (nSPS) is 12.7. The first-order valence-corrected chi connectivity index (χ1v) is 8.77. The van der Waals surface area contributed by atoms with Gasteiger partial charge in [0.15, 0.2) is 5.01 Å². The first-order valence-electron chi connectivity index (χ1n) is 7.96. The number of nitrogens with one attached hydrogen (secondary N) is 1. The standard InChI is InChI=1S/C16H19F3N4O2S/c1-10(24)21-12(7-4-5-9-20)15-23-22-14(26-15)11-6-2-3-8-13(11)25-16(17,18)19/h2-3,6,8,12H,4-5,7,9,20H2,1H3,(H,21,24)/t12-/m0/s1. The fourth-order valence-corrected chi connectivity index (χ4v) is 3.30. The lowest BCUT2D eigenvalue weighted by Gasteiger charge is -2.14. The summed E-state index contributed by atoms with van der Waals surface area (Å²) in [7, 11) is 0. The summed E-state index contributed by atoms with van der Waals surface area (Å²) in [6, 6.07) is 5.37. The highest BCUT2D eigenvalue weighted by Crippen LogP contribution is 2.36. The number of rotatable bonds is 8. The van der Waals surface area contributed by atoms with Gasteiger partial charge in [-0.1, -0.05) is 23.5 Å². The highest BCUT2D eigenvalue weighted by Gasteiger charge is 2.32. The van der Waals surface area contributed by atoms with E-state index in [4.69, 9.17) is 5.73 Å². The Morgan fingerprint density at radius 3 is 2.69 bits per heavy atom. The van der Waals surface area contributed by atoms with Crippen LogP contribution in [-0.2, 0) is 4.79 Å². The Kier molecular flexibility index (Phi) is 6.92. The number of para-hydroxylation sites is 1. The lowest BCUT2D eigenvalue weighted by atomic mass is 10.1. The fraction of sp³-hybridized carbons (Fsp3) is 0.438. The number of ether oxygens (including phenoxy) is 1. The van der Waals surface area contributed by atoms with Gasteiger partial charge in [-0.05, 0) is 37.9 Å². The van der Waals surface area contributed by atoms with Crippen molar-refractivity contribution in [2.24, 2.45) is 5.73 Å². The van der Waals surface area contributed by atoms with Crippen LogP contribution in [0, 0.1) is 0 Å². The quantitative estimate of drug-likeness (QED) is 0.677. The van der Waals surface area contributed by atoms with Crippen LogP contribution in [0.1, 0.15) is 37.2 Å². The summed E-state index contributed by atoms with van der Waals surface area (Å²) in [5.74, 6) is -0.567. The number of nitrogens with zero attached hydrogens (tertiary/aromatic N) is 2. The molecule has 0 aliphatic rings. The van der Waals surface area contributed by atoms with E-state index in [2.05, 4.69) is 20.3 Å². The first-order chi connectivity index (χ1) is 12.3. The molecular formula is C16H19F3N4O2S. The topological polar surface area (TPSA) is 90.1 Å². The minimum absolute atomic E-state index is 0.192. The third kappa shape index (κ3) is 5.95. The van der Waals surface area contributed by atoms with Crippen molar-refractivity contribution in [2.75, 3.05) is 6.54 Å². The highest BCUT2D eigenvalue weighted by atomic mass is 32.1. The van der Waals surface area contributed by atoms with Gasteiger partial charge >= 0.3 is 6.36 Å². The lowest BCUT2D eigenvalue weighted by molar-refractivity contribution is -0.274. The summed E-state index contributed by atoms with van der Waals surface area (Å²) in [6.07, 6.45) is -2.61. The molecule has 0 unspecified atom stereocenters. The van der Waals surface area contributed by atoms with Gasteiger partial charge in [0.2, 0.25) is 5.91 Å². The number of amides is 1. The number of benzene rings is 1. The predicted octanol–water partition coefficient (Wildman–Crippen LogP) is 3.41. The molecule has 6 nitrogen and oxygen atoms in total. The van der Waals surface area contributed by atoms with Crippen LogP contribution >= 0.6 is 11.3 Å². The molecule has 142 valence electrons. The van der Waals surface area contributed by atoms with Crippen LogP contribution < -0.4 is 15.8 Å². The molecule has 0 bridgehead atoms. The Bertz CT molecular complexity index is 736. The second-order valence-electron chi connectivity index (χ2n) is 5.53.